The molecule has 150 valence electrons. The highest BCUT2D eigenvalue weighted by Gasteiger charge is 2.36. The number of piperidine rings is 1. The Morgan fingerprint density at radius 3 is 2.54 bits per heavy atom. The maximum Gasteiger partial charge on any atom is 0.124 e. The number of para-hydroxylation sites is 1. The zero-order valence-corrected chi connectivity index (χ0v) is 16.8. The van der Waals surface area contributed by atoms with E-state index in [4.69, 9.17) is 9.47 Å². The van der Waals surface area contributed by atoms with Crippen molar-refractivity contribution in [1.82, 2.24) is 4.90 Å². The molecule has 0 unspecified atom stereocenters. The summed E-state index contributed by atoms with van der Waals surface area (Å²) >= 11 is 0. The van der Waals surface area contributed by atoms with E-state index in [2.05, 4.69) is 29.2 Å². The summed E-state index contributed by atoms with van der Waals surface area (Å²) in [6.45, 7) is 2.62. The lowest BCUT2D eigenvalue weighted by atomic mass is 9.84. The Labute approximate surface area is 168 Å². The molecule has 2 aromatic carbocycles. The fourth-order valence-corrected chi connectivity index (χ4v) is 4.55. The van der Waals surface area contributed by atoms with Gasteiger partial charge in [-0.25, -0.2) is 0 Å². The van der Waals surface area contributed by atoms with Crippen LogP contribution in [0.2, 0.25) is 0 Å². The van der Waals surface area contributed by atoms with Crippen molar-refractivity contribution in [3.8, 4) is 11.5 Å². The van der Waals surface area contributed by atoms with Gasteiger partial charge in [0.1, 0.15) is 11.5 Å². The number of benzene rings is 2. The number of aliphatic hydroxyl groups is 1. The standard InChI is InChI=1S/C24H31NO3/c1-27-23-12-5-4-11-22(23)24(26)13-15-25(16-14-24)18-19-7-6-10-21(17-19)28-20-8-2-3-9-20/h4-7,10-12,17,20,26H,2-3,8-9,13-16,18H2,1H3. The molecular weight excluding hydrogens is 350 g/mol. The van der Waals surface area contributed by atoms with Crippen LogP contribution in [0.4, 0.5) is 0 Å². The zero-order chi connectivity index (χ0) is 19.4. The number of likely N-dealkylation sites (tertiary alicyclic amines) is 1. The van der Waals surface area contributed by atoms with Gasteiger partial charge in [0.05, 0.1) is 18.8 Å². The van der Waals surface area contributed by atoms with Gasteiger partial charge in [-0.3, -0.25) is 4.90 Å². The summed E-state index contributed by atoms with van der Waals surface area (Å²) < 4.78 is 11.6. The molecule has 1 saturated heterocycles. The fourth-order valence-electron chi connectivity index (χ4n) is 4.55. The first-order chi connectivity index (χ1) is 13.7. The molecule has 0 atom stereocenters. The molecule has 28 heavy (non-hydrogen) atoms. The number of rotatable bonds is 6. The summed E-state index contributed by atoms with van der Waals surface area (Å²) in [6, 6.07) is 16.3. The molecule has 4 rings (SSSR count). The molecule has 2 aromatic rings. The topological polar surface area (TPSA) is 41.9 Å². The van der Waals surface area contributed by atoms with E-state index in [9.17, 15) is 5.11 Å². The van der Waals surface area contributed by atoms with E-state index in [0.29, 0.717) is 18.9 Å². The van der Waals surface area contributed by atoms with E-state index in [1.807, 2.05) is 24.3 Å². The van der Waals surface area contributed by atoms with Crippen molar-refractivity contribution < 1.29 is 14.6 Å². The van der Waals surface area contributed by atoms with Crippen LogP contribution in [0.3, 0.4) is 0 Å². The molecule has 1 N–H and O–H groups in total. The first-order valence-electron chi connectivity index (χ1n) is 10.5. The Hall–Kier alpha value is -2.04. The van der Waals surface area contributed by atoms with Gasteiger partial charge in [-0.15, -0.1) is 0 Å². The lowest BCUT2D eigenvalue weighted by Crippen LogP contribution is -2.42. The molecule has 1 aliphatic heterocycles. The van der Waals surface area contributed by atoms with Crippen molar-refractivity contribution in [3.63, 3.8) is 0 Å². The Kier molecular flexibility index (Phi) is 5.88. The second-order valence-corrected chi connectivity index (χ2v) is 8.18. The van der Waals surface area contributed by atoms with Crippen LogP contribution in [0.25, 0.3) is 0 Å². The summed E-state index contributed by atoms with van der Waals surface area (Å²) in [5.41, 5.74) is 1.37. The SMILES string of the molecule is COc1ccccc1C1(O)CCN(Cc2cccc(OC3CCCC3)c2)CC1. The molecule has 2 fully saturated rings. The number of hydrogen-bond donors (Lipinski definition) is 1. The molecule has 1 aliphatic carbocycles. The molecule has 0 aromatic heterocycles. The predicted molar refractivity (Wildman–Crippen MR) is 111 cm³/mol. The van der Waals surface area contributed by atoms with Crippen LogP contribution in [0.1, 0.15) is 49.7 Å². The van der Waals surface area contributed by atoms with Crippen LogP contribution < -0.4 is 9.47 Å². The summed E-state index contributed by atoms with van der Waals surface area (Å²) in [4.78, 5) is 2.42. The maximum atomic E-state index is 11.2. The second kappa shape index (κ2) is 8.54. The summed E-state index contributed by atoms with van der Waals surface area (Å²) in [6.07, 6.45) is 6.74. The first kappa shape index (κ1) is 19.3. The van der Waals surface area contributed by atoms with Gasteiger partial charge < -0.3 is 14.6 Å². The van der Waals surface area contributed by atoms with Crippen LogP contribution in [-0.4, -0.2) is 36.3 Å². The zero-order valence-electron chi connectivity index (χ0n) is 16.8. The second-order valence-electron chi connectivity index (χ2n) is 8.18. The van der Waals surface area contributed by atoms with Gasteiger partial charge in [0.2, 0.25) is 0 Å². The van der Waals surface area contributed by atoms with E-state index in [1.165, 1.54) is 31.2 Å². The van der Waals surface area contributed by atoms with Gasteiger partial charge in [-0.1, -0.05) is 30.3 Å². The molecule has 1 heterocycles. The van der Waals surface area contributed by atoms with Crippen molar-refractivity contribution in [2.24, 2.45) is 0 Å². The Balaban J connectivity index is 1.36. The van der Waals surface area contributed by atoms with Crippen molar-refractivity contribution in [1.29, 1.82) is 0 Å². The van der Waals surface area contributed by atoms with Gasteiger partial charge >= 0.3 is 0 Å². The molecule has 0 amide bonds. The Bertz CT molecular complexity index is 777. The average Bonchev–Trinajstić information content (AvgIpc) is 3.23. The Morgan fingerprint density at radius 1 is 1.04 bits per heavy atom. The molecule has 0 spiro atoms. The van der Waals surface area contributed by atoms with Crippen LogP contribution in [0.15, 0.2) is 48.5 Å². The van der Waals surface area contributed by atoms with E-state index >= 15 is 0 Å². The van der Waals surface area contributed by atoms with Crippen LogP contribution >= 0.6 is 0 Å². The van der Waals surface area contributed by atoms with E-state index in [1.54, 1.807) is 7.11 Å². The first-order valence-corrected chi connectivity index (χ1v) is 10.5. The maximum absolute atomic E-state index is 11.2. The molecule has 0 bridgehead atoms. The van der Waals surface area contributed by atoms with Gasteiger partial charge in [-0.05, 0) is 62.3 Å². The normalized spacial score (nSPS) is 20.2. The minimum atomic E-state index is -0.809. The van der Waals surface area contributed by atoms with Gasteiger partial charge in [0, 0.05) is 25.2 Å². The van der Waals surface area contributed by atoms with Gasteiger partial charge in [0.25, 0.3) is 0 Å². The highest BCUT2D eigenvalue weighted by molar-refractivity contribution is 5.38. The smallest absolute Gasteiger partial charge is 0.124 e. The van der Waals surface area contributed by atoms with Gasteiger partial charge in [0.15, 0.2) is 0 Å². The molecule has 0 radical (unpaired) electrons. The van der Waals surface area contributed by atoms with E-state index in [-0.39, 0.29) is 0 Å². The van der Waals surface area contributed by atoms with E-state index < -0.39 is 5.60 Å². The van der Waals surface area contributed by atoms with Crippen molar-refractivity contribution >= 4 is 0 Å². The van der Waals surface area contributed by atoms with Crippen LogP contribution in [-0.2, 0) is 12.1 Å². The molecule has 4 heteroatoms. The highest BCUT2D eigenvalue weighted by Crippen LogP contribution is 2.38. The summed E-state index contributed by atoms with van der Waals surface area (Å²) in [5, 5.41) is 11.2. The molecule has 1 saturated carbocycles. The van der Waals surface area contributed by atoms with Crippen molar-refractivity contribution in [2.45, 2.75) is 56.8 Å². The molecule has 4 nitrogen and oxygen atoms in total. The molecule has 2 aliphatic rings. The lowest BCUT2D eigenvalue weighted by Gasteiger charge is -2.39. The third-order valence-electron chi connectivity index (χ3n) is 6.20. The van der Waals surface area contributed by atoms with E-state index in [0.717, 1.165) is 36.7 Å². The third kappa shape index (κ3) is 4.34. The lowest BCUT2D eigenvalue weighted by molar-refractivity contribution is -0.0292. The van der Waals surface area contributed by atoms with Crippen molar-refractivity contribution in [2.75, 3.05) is 20.2 Å². The predicted octanol–water partition coefficient (Wildman–Crippen LogP) is 4.50. The fraction of sp³-hybridized carbons (Fsp3) is 0.500. The Morgan fingerprint density at radius 2 is 1.79 bits per heavy atom. The number of methoxy groups -OCH3 is 1. The number of ether oxygens (including phenoxy) is 2. The third-order valence-corrected chi connectivity index (χ3v) is 6.20. The monoisotopic (exact) mass is 381 g/mol. The minimum Gasteiger partial charge on any atom is -0.496 e. The number of hydrogen-bond acceptors (Lipinski definition) is 4. The van der Waals surface area contributed by atoms with Crippen molar-refractivity contribution in [3.05, 3.63) is 59.7 Å². The number of nitrogens with zero attached hydrogens (tertiary/aromatic N) is 1. The van der Waals surface area contributed by atoms with Crippen LogP contribution in [0, 0.1) is 0 Å². The minimum absolute atomic E-state index is 0.390. The molecular formula is C24H31NO3. The van der Waals surface area contributed by atoms with Crippen LogP contribution in [0.5, 0.6) is 11.5 Å². The largest absolute Gasteiger partial charge is 0.496 e. The average molecular weight is 382 g/mol. The van der Waals surface area contributed by atoms with Gasteiger partial charge in [-0.2, -0.15) is 0 Å². The highest BCUT2D eigenvalue weighted by atomic mass is 16.5. The summed E-state index contributed by atoms with van der Waals surface area (Å²) in [5.74, 6) is 1.77. The summed E-state index contributed by atoms with van der Waals surface area (Å²) in [7, 11) is 1.66. The quantitative estimate of drug-likeness (QED) is 0.800.